The Morgan fingerprint density at radius 1 is 1.37 bits per heavy atom. The third-order valence-electron chi connectivity index (χ3n) is 2.98. The lowest BCUT2D eigenvalue weighted by atomic mass is 10.1. The minimum absolute atomic E-state index is 0.155. The van der Waals surface area contributed by atoms with Crippen LogP contribution in [-0.2, 0) is 6.54 Å². The molecule has 0 aliphatic rings. The van der Waals surface area contributed by atoms with E-state index in [1.54, 1.807) is 6.07 Å². The van der Waals surface area contributed by atoms with Gasteiger partial charge in [-0.05, 0) is 43.2 Å². The summed E-state index contributed by atoms with van der Waals surface area (Å²) in [6, 6.07) is 5.68. The lowest BCUT2D eigenvalue weighted by molar-refractivity contribution is 0.507. The molecule has 102 valence electrons. The van der Waals surface area contributed by atoms with Gasteiger partial charge in [-0.25, -0.2) is 0 Å². The minimum Gasteiger partial charge on any atom is -0.308 e. The van der Waals surface area contributed by atoms with Crippen LogP contribution < -0.4 is 5.32 Å². The summed E-state index contributed by atoms with van der Waals surface area (Å²) >= 11 is 12.2. The summed E-state index contributed by atoms with van der Waals surface area (Å²) in [6.45, 7) is 5.76. The number of nitrogens with one attached hydrogen (secondary N) is 1. The molecule has 2 aromatic rings. The van der Waals surface area contributed by atoms with Gasteiger partial charge in [0.2, 0.25) is 0 Å². The van der Waals surface area contributed by atoms with Gasteiger partial charge in [0.15, 0.2) is 0 Å². The topological polar surface area (TPSA) is 29.9 Å². The molecule has 0 spiro atoms. The fraction of sp³-hybridized carbons (Fsp3) is 0.357. The standard InChI is InChI=1S/C14H17Cl2N3/c1-10-8-18-19(9-10)6-5-17-11(2)13-7-12(15)3-4-14(13)16/h3-4,7-9,11,17H,5-6H2,1-2H3. The summed E-state index contributed by atoms with van der Waals surface area (Å²) in [5, 5.41) is 9.11. The molecule has 1 aromatic heterocycles. The molecule has 1 unspecified atom stereocenters. The van der Waals surface area contributed by atoms with Crippen LogP contribution in [0.2, 0.25) is 10.0 Å². The van der Waals surface area contributed by atoms with E-state index >= 15 is 0 Å². The number of benzene rings is 1. The Hall–Kier alpha value is -1.03. The van der Waals surface area contributed by atoms with E-state index in [1.165, 1.54) is 5.56 Å². The Kier molecular flexibility index (Phi) is 4.86. The maximum Gasteiger partial charge on any atom is 0.0534 e. The van der Waals surface area contributed by atoms with Crippen LogP contribution in [0.1, 0.15) is 24.1 Å². The highest BCUT2D eigenvalue weighted by atomic mass is 35.5. The summed E-state index contributed by atoms with van der Waals surface area (Å²) in [6.07, 6.45) is 3.88. The lowest BCUT2D eigenvalue weighted by Gasteiger charge is -2.16. The molecule has 1 aromatic carbocycles. The molecule has 19 heavy (non-hydrogen) atoms. The van der Waals surface area contributed by atoms with Gasteiger partial charge in [0.05, 0.1) is 12.7 Å². The maximum absolute atomic E-state index is 6.17. The van der Waals surface area contributed by atoms with E-state index in [0.717, 1.165) is 23.7 Å². The van der Waals surface area contributed by atoms with E-state index in [0.29, 0.717) is 5.02 Å². The van der Waals surface area contributed by atoms with Crippen LogP contribution in [0.25, 0.3) is 0 Å². The molecule has 1 atom stereocenters. The average molecular weight is 298 g/mol. The van der Waals surface area contributed by atoms with E-state index in [1.807, 2.05) is 36.1 Å². The lowest BCUT2D eigenvalue weighted by Crippen LogP contribution is -2.23. The van der Waals surface area contributed by atoms with Crippen LogP contribution in [0.3, 0.4) is 0 Å². The van der Waals surface area contributed by atoms with E-state index in [4.69, 9.17) is 23.2 Å². The quantitative estimate of drug-likeness (QED) is 0.908. The highest BCUT2D eigenvalue weighted by molar-refractivity contribution is 6.33. The van der Waals surface area contributed by atoms with Crippen molar-refractivity contribution in [3.8, 4) is 0 Å². The summed E-state index contributed by atoms with van der Waals surface area (Å²) in [5.74, 6) is 0. The van der Waals surface area contributed by atoms with Gasteiger partial charge in [0.1, 0.15) is 0 Å². The largest absolute Gasteiger partial charge is 0.308 e. The Bertz CT molecular complexity index is 551. The molecular formula is C14H17Cl2N3. The van der Waals surface area contributed by atoms with Gasteiger partial charge in [-0.15, -0.1) is 0 Å². The highest BCUT2D eigenvalue weighted by Crippen LogP contribution is 2.25. The highest BCUT2D eigenvalue weighted by Gasteiger charge is 2.09. The second-order valence-corrected chi connectivity index (χ2v) is 5.47. The second-order valence-electron chi connectivity index (χ2n) is 4.62. The number of halogens is 2. The van der Waals surface area contributed by atoms with Gasteiger partial charge in [0, 0.05) is 28.8 Å². The Morgan fingerprint density at radius 2 is 2.16 bits per heavy atom. The van der Waals surface area contributed by atoms with Crippen molar-refractivity contribution in [2.45, 2.75) is 26.4 Å². The Labute approximate surface area is 123 Å². The van der Waals surface area contributed by atoms with Crippen molar-refractivity contribution < 1.29 is 0 Å². The summed E-state index contributed by atoms with van der Waals surface area (Å²) in [4.78, 5) is 0. The molecule has 0 amide bonds. The third kappa shape index (κ3) is 3.96. The number of hydrogen-bond acceptors (Lipinski definition) is 2. The zero-order chi connectivity index (χ0) is 13.8. The van der Waals surface area contributed by atoms with Crippen molar-refractivity contribution in [3.05, 3.63) is 51.8 Å². The molecule has 0 aliphatic carbocycles. The Balaban J connectivity index is 1.90. The molecule has 0 saturated heterocycles. The summed E-state index contributed by atoms with van der Waals surface area (Å²) in [7, 11) is 0. The van der Waals surface area contributed by atoms with Crippen molar-refractivity contribution in [1.82, 2.24) is 15.1 Å². The number of aryl methyl sites for hydroxylation is 1. The van der Waals surface area contributed by atoms with Crippen molar-refractivity contribution in [2.24, 2.45) is 0 Å². The van der Waals surface area contributed by atoms with Crippen LogP contribution >= 0.6 is 23.2 Å². The first-order chi connectivity index (χ1) is 9.06. The summed E-state index contributed by atoms with van der Waals surface area (Å²) in [5.41, 5.74) is 2.19. The Morgan fingerprint density at radius 3 is 2.84 bits per heavy atom. The molecule has 1 N–H and O–H groups in total. The van der Waals surface area contributed by atoms with Crippen molar-refractivity contribution >= 4 is 23.2 Å². The normalized spacial score (nSPS) is 12.6. The number of rotatable bonds is 5. The van der Waals surface area contributed by atoms with E-state index in [-0.39, 0.29) is 6.04 Å². The van der Waals surface area contributed by atoms with Gasteiger partial charge in [-0.1, -0.05) is 23.2 Å². The molecular weight excluding hydrogens is 281 g/mol. The second kappa shape index (κ2) is 6.42. The van der Waals surface area contributed by atoms with Crippen LogP contribution in [0.4, 0.5) is 0 Å². The molecule has 0 bridgehead atoms. The van der Waals surface area contributed by atoms with Gasteiger partial charge >= 0.3 is 0 Å². The van der Waals surface area contributed by atoms with Crippen LogP contribution in [0, 0.1) is 6.92 Å². The predicted molar refractivity (Wildman–Crippen MR) is 79.8 cm³/mol. The monoisotopic (exact) mass is 297 g/mol. The maximum atomic E-state index is 6.17. The van der Waals surface area contributed by atoms with Crippen LogP contribution in [0.5, 0.6) is 0 Å². The number of aromatic nitrogens is 2. The third-order valence-corrected chi connectivity index (χ3v) is 3.56. The fourth-order valence-electron chi connectivity index (χ4n) is 1.94. The van der Waals surface area contributed by atoms with Crippen molar-refractivity contribution in [3.63, 3.8) is 0 Å². The number of nitrogens with zero attached hydrogens (tertiary/aromatic N) is 2. The summed E-state index contributed by atoms with van der Waals surface area (Å²) < 4.78 is 1.93. The zero-order valence-corrected chi connectivity index (χ0v) is 12.5. The molecule has 0 saturated carbocycles. The molecule has 0 aliphatic heterocycles. The molecule has 3 nitrogen and oxygen atoms in total. The molecule has 0 radical (unpaired) electrons. The van der Waals surface area contributed by atoms with Crippen LogP contribution in [0.15, 0.2) is 30.6 Å². The predicted octanol–water partition coefficient (Wildman–Crippen LogP) is 3.85. The molecule has 5 heteroatoms. The SMILES string of the molecule is Cc1cnn(CCNC(C)c2cc(Cl)ccc2Cl)c1. The van der Waals surface area contributed by atoms with E-state index in [2.05, 4.69) is 17.3 Å². The smallest absolute Gasteiger partial charge is 0.0534 e. The van der Waals surface area contributed by atoms with E-state index < -0.39 is 0 Å². The first-order valence-electron chi connectivity index (χ1n) is 6.23. The van der Waals surface area contributed by atoms with Gasteiger partial charge in [0.25, 0.3) is 0 Å². The van der Waals surface area contributed by atoms with Crippen molar-refractivity contribution in [1.29, 1.82) is 0 Å². The first kappa shape index (κ1) is 14.4. The average Bonchev–Trinajstić information content (AvgIpc) is 2.78. The van der Waals surface area contributed by atoms with E-state index in [9.17, 15) is 0 Å². The van der Waals surface area contributed by atoms with Gasteiger partial charge < -0.3 is 5.32 Å². The fourth-order valence-corrected chi connectivity index (χ4v) is 2.40. The minimum atomic E-state index is 0.155. The first-order valence-corrected chi connectivity index (χ1v) is 6.99. The van der Waals surface area contributed by atoms with Gasteiger partial charge in [-0.3, -0.25) is 4.68 Å². The van der Waals surface area contributed by atoms with Crippen molar-refractivity contribution in [2.75, 3.05) is 6.54 Å². The number of hydrogen-bond donors (Lipinski definition) is 1. The zero-order valence-electron chi connectivity index (χ0n) is 11.0. The van der Waals surface area contributed by atoms with Crippen LogP contribution in [-0.4, -0.2) is 16.3 Å². The molecule has 0 fully saturated rings. The molecule has 2 rings (SSSR count). The van der Waals surface area contributed by atoms with Gasteiger partial charge in [-0.2, -0.15) is 5.10 Å². The molecule has 1 heterocycles.